The standard InChI is InChI=1S/C15H19N3O/c1-2-4-11(9-16)15(19)18-14-6-3-5-12-10-17-8-7-13(12)14/h3,5-8,10-11H,2,4,9,16H2,1H3,(H,18,19). The van der Waals surface area contributed by atoms with Crippen molar-refractivity contribution in [3.05, 3.63) is 36.7 Å². The van der Waals surface area contributed by atoms with Gasteiger partial charge in [0.05, 0.1) is 5.92 Å². The van der Waals surface area contributed by atoms with Crippen molar-refractivity contribution >= 4 is 22.4 Å². The number of anilines is 1. The number of nitrogens with one attached hydrogen (secondary N) is 1. The summed E-state index contributed by atoms with van der Waals surface area (Å²) >= 11 is 0. The van der Waals surface area contributed by atoms with Gasteiger partial charge in [-0.25, -0.2) is 0 Å². The summed E-state index contributed by atoms with van der Waals surface area (Å²) in [5, 5.41) is 4.99. The van der Waals surface area contributed by atoms with Crippen LogP contribution in [-0.4, -0.2) is 17.4 Å². The molecule has 0 bridgehead atoms. The highest BCUT2D eigenvalue weighted by Gasteiger charge is 2.16. The first-order chi connectivity index (χ1) is 9.26. The summed E-state index contributed by atoms with van der Waals surface area (Å²) in [6, 6.07) is 7.70. The van der Waals surface area contributed by atoms with Gasteiger partial charge in [-0.15, -0.1) is 0 Å². The quantitative estimate of drug-likeness (QED) is 0.865. The van der Waals surface area contributed by atoms with E-state index in [0.29, 0.717) is 6.54 Å². The van der Waals surface area contributed by atoms with Crippen molar-refractivity contribution in [2.24, 2.45) is 11.7 Å². The first kappa shape index (κ1) is 13.5. The first-order valence-corrected chi connectivity index (χ1v) is 6.60. The zero-order chi connectivity index (χ0) is 13.7. The van der Waals surface area contributed by atoms with Crippen molar-refractivity contribution in [1.29, 1.82) is 0 Å². The highest BCUT2D eigenvalue weighted by atomic mass is 16.1. The maximum atomic E-state index is 12.2. The van der Waals surface area contributed by atoms with Crippen LogP contribution >= 0.6 is 0 Å². The fraction of sp³-hybridized carbons (Fsp3) is 0.333. The van der Waals surface area contributed by atoms with E-state index in [0.717, 1.165) is 29.3 Å². The number of amides is 1. The molecule has 0 saturated heterocycles. The zero-order valence-corrected chi connectivity index (χ0v) is 11.1. The van der Waals surface area contributed by atoms with Gasteiger partial charge in [0, 0.05) is 35.4 Å². The van der Waals surface area contributed by atoms with E-state index in [4.69, 9.17) is 5.73 Å². The average molecular weight is 257 g/mol. The lowest BCUT2D eigenvalue weighted by Gasteiger charge is -2.15. The van der Waals surface area contributed by atoms with Gasteiger partial charge in [0.1, 0.15) is 0 Å². The summed E-state index contributed by atoms with van der Waals surface area (Å²) in [4.78, 5) is 16.3. The van der Waals surface area contributed by atoms with E-state index in [1.165, 1.54) is 0 Å². The average Bonchev–Trinajstić information content (AvgIpc) is 2.45. The lowest BCUT2D eigenvalue weighted by atomic mass is 10.0. The molecule has 4 heteroatoms. The Morgan fingerprint density at radius 2 is 2.26 bits per heavy atom. The molecule has 1 atom stereocenters. The Bertz CT molecular complexity index is 563. The molecular formula is C15H19N3O. The van der Waals surface area contributed by atoms with Gasteiger partial charge < -0.3 is 11.1 Å². The SMILES string of the molecule is CCCC(CN)C(=O)Nc1cccc2cnccc12. The molecule has 0 radical (unpaired) electrons. The molecule has 1 unspecified atom stereocenters. The third-order valence-corrected chi connectivity index (χ3v) is 3.23. The Morgan fingerprint density at radius 1 is 1.42 bits per heavy atom. The molecule has 100 valence electrons. The molecule has 0 fully saturated rings. The van der Waals surface area contributed by atoms with E-state index < -0.39 is 0 Å². The summed E-state index contributed by atoms with van der Waals surface area (Å²) in [5.74, 6) is -0.129. The molecular weight excluding hydrogens is 238 g/mol. The number of benzene rings is 1. The van der Waals surface area contributed by atoms with Crippen molar-refractivity contribution in [3.63, 3.8) is 0 Å². The summed E-state index contributed by atoms with van der Waals surface area (Å²) < 4.78 is 0. The number of rotatable bonds is 5. The van der Waals surface area contributed by atoms with Crippen LogP contribution in [0.5, 0.6) is 0 Å². The molecule has 2 rings (SSSR count). The van der Waals surface area contributed by atoms with Crippen molar-refractivity contribution < 1.29 is 4.79 Å². The topological polar surface area (TPSA) is 68.0 Å². The highest BCUT2D eigenvalue weighted by molar-refractivity contribution is 6.02. The third kappa shape index (κ3) is 3.09. The molecule has 0 saturated carbocycles. The van der Waals surface area contributed by atoms with E-state index in [1.54, 1.807) is 12.4 Å². The van der Waals surface area contributed by atoms with Crippen LogP contribution in [0.25, 0.3) is 10.8 Å². The smallest absolute Gasteiger partial charge is 0.228 e. The predicted molar refractivity (Wildman–Crippen MR) is 77.8 cm³/mol. The number of carbonyl (C=O) groups is 1. The third-order valence-electron chi connectivity index (χ3n) is 3.23. The van der Waals surface area contributed by atoms with Crippen LogP contribution in [0.15, 0.2) is 36.7 Å². The van der Waals surface area contributed by atoms with Crippen LogP contribution in [-0.2, 0) is 4.79 Å². The summed E-state index contributed by atoms with van der Waals surface area (Å²) in [7, 11) is 0. The number of nitrogens with two attached hydrogens (primary N) is 1. The minimum absolute atomic E-state index is 0.00587. The Morgan fingerprint density at radius 3 is 3.00 bits per heavy atom. The van der Waals surface area contributed by atoms with Crippen LogP contribution < -0.4 is 11.1 Å². The molecule has 2 aromatic rings. The monoisotopic (exact) mass is 257 g/mol. The van der Waals surface area contributed by atoms with E-state index in [1.807, 2.05) is 24.3 Å². The fourth-order valence-corrected chi connectivity index (χ4v) is 2.17. The minimum Gasteiger partial charge on any atom is -0.330 e. The predicted octanol–water partition coefficient (Wildman–Crippen LogP) is 2.55. The van der Waals surface area contributed by atoms with Crippen molar-refractivity contribution in [2.45, 2.75) is 19.8 Å². The summed E-state index contributed by atoms with van der Waals surface area (Å²) in [6.45, 7) is 2.44. The van der Waals surface area contributed by atoms with Crippen molar-refractivity contribution in [2.75, 3.05) is 11.9 Å². The minimum atomic E-state index is -0.123. The molecule has 0 spiro atoms. The number of fused-ring (bicyclic) bond motifs is 1. The first-order valence-electron chi connectivity index (χ1n) is 6.60. The summed E-state index contributed by atoms with van der Waals surface area (Å²) in [6.07, 6.45) is 5.28. The maximum absolute atomic E-state index is 12.2. The number of hydrogen-bond donors (Lipinski definition) is 2. The molecule has 1 aromatic carbocycles. The van der Waals surface area contributed by atoms with Gasteiger partial charge in [0.25, 0.3) is 0 Å². The number of aromatic nitrogens is 1. The van der Waals surface area contributed by atoms with Crippen LogP contribution in [0.2, 0.25) is 0 Å². The highest BCUT2D eigenvalue weighted by Crippen LogP contribution is 2.23. The van der Waals surface area contributed by atoms with Gasteiger partial charge in [-0.05, 0) is 18.6 Å². The van der Waals surface area contributed by atoms with Crippen LogP contribution in [0.4, 0.5) is 5.69 Å². The second kappa shape index (κ2) is 6.29. The molecule has 1 heterocycles. The summed E-state index contributed by atoms with van der Waals surface area (Å²) in [5.41, 5.74) is 6.47. The lowest BCUT2D eigenvalue weighted by Crippen LogP contribution is -2.29. The fourth-order valence-electron chi connectivity index (χ4n) is 2.17. The largest absolute Gasteiger partial charge is 0.330 e. The van der Waals surface area contributed by atoms with Gasteiger partial charge in [-0.2, -0.15) is 0 Å². The van der Waals surface area contributed by atoms with Crippen molar-refractivity contribution in [3.8, 4) is 0 Å². The number of pyridine rings is 1. The van der Waals surface area contributed by atoms with Gasteiger partial charge in [0.2, 0.25) is 5.91 Å². The molecule has 4 nitrogen and oxygen atoms in total. The molecule has 0 aliphatic heterocycles. The normalized spacial score (nSPS) is 12.3. The number of hydrogen-bond acceptors (Lipinski definition) is 3. The van der Waals surface area contributed by atoms with Crippen LogP contribution in [0.3, 0.4) is 0 Å². The second-order valence-electron chi connectivity index (χ2n) is 4.61. The van der Waals surface area contributed by atoms with Gasteiger partial charge >= 0.3 is 0 Å². The van der Waals surface area contributed by atoms with Gasteiger partial charge in [-0.1, -0.05) is 25.5 Å². The van der Waals surface area contributed by atoms with E-state index in [-0.39, 0.29) is 11.8 Å². The lowest BCUT2D eigenvalue weighted by molar-refractivity contribution is -0.119. The maximum Gasteiger partial charge on any atom is 0.228 e. The Hall–Kier alpha value is -1.94. The van der Waals surface area contributed by atoms with Crippen molar-refractivity contribution in [1.82, 2.24) is 4.98 Å². The number of carbonyl (C=O) groups excluding carboxylic acids is 1. The molecule has 1 aromatic heterocycles. The van der Waals surface area contributed by atoms with Crippen LogP contribution in [0, 0.1) is 5.92 Å². The molecule has 19 heavy (non-hydrogen) atoms. The molecule has 0 aliphatic carbocycles. The Labute approximate surface area is 113 Å². The zero-order valence-electron chi connectivity index (χ0n) is 11.1. The second-order valence-corrected chi connectivity index (χ2v) is 4.61. The van der Waals surface area contributed by atoms with Crippen LogP contribution in [0.1, 0.15) is 19.8 Å². The van der Waals surface area contributed by atoms with E-state index >= 15 is 0 Å². The van der Waals surface area contributed by atoms with Gasteiger partial charge in [0.15, 0.2) is 0 Å². The van der Waals surface area contributed by atoms with E-state index in [2.05, 4.69) is 17.2 Å². The molecule has 1 amide bonds. The number of nitrogens with zero attached hydrogens (tertiary/aromatic N) is 1. The molecule has 3 N–H and O–H groups in total. The van der Waals surface area contributed by atoms with E-state index in [9.17, 15) is 4.79 Å². The Balaban J connectivity index is 2.23. The van der Waals surface area contributed by atoms with Gasteiger partial charge in [-0.3, -0.25) is 9.78 Å². The Kier molecular flexibility index (Phi) is 4.47. The molecule has 0 aliphatic rings.